The molecule has 0 aliphatic carbocycles. The number of aromatic amines is 1. The number of hydrogen-bond donors (Lipinski definition) is 3. The van der Waals surface area contributed by atoms with Gasteiger partial charge in [0.1, 0.15) is 0 Å². The molecule has 1 aromatic heterocycles. The van der Waals surface area contributed by atoms with Crippen LogP contribution in [-0.4, -0.2) is 21.6 Å². The van der Waals surface area contributed by atoms with Crippen molar-refractivity contribution in [2.45, 2.75) is 25.8 Å². The first-order valence-corrected chi connectivity index (χ1v) is 4.62. The first-order chi connectivity index (χ1) is 6.95. The van der Waals surface area contributed by atoms with Crippen molar-refractivity contribution in [1.82, 2.24) is 10.2 Å². The fraction of sp³-hybridized carbons (Fsp3) is 0.444. The maximum atomic E-state index is 11.6. The lowest BCUT2D eigenvalue weighted by Gasteiger charge is -2.20. The summed E-state index contributed by atoms with van der Waals surface area (Å²) in [5.41, 5.74) is 4.47. The van der Waals surface area contributed by atoms with Crippen LogP contribution in [0.1, 0.15) is 20.3 Å². The van der Waals surface area contributed by atoms with E-state index in [0.29, 0.717) is 6.42 Å². The van der Waals surface area contributed by atoms with Crippen molar-refractivity contribution in [1.29, 1.82) is 0 Å². The molecule has 1 unspecified atom stereocenters. The monoisotopic (exact) mass is 210 g/mol. The Morgan fingerprint density at radius 1 is 1.67 bits per heavy atom. The lowest BCUT2D eigenvalue weighted by atomic mass is 10.00. The first-order valence-electron chi connectivity index (χ1n) is 4.62. The van der Waals surface area contributed by atoms with Crippen LogP contribution in [0.4, 0.5) is 5.82 Å². The Kier molecular flexibility index (Phi) is 3.21. The number of amides is 1. The lowest BCUT2D eigenvalue weighted by Crippen LogP contribution is -2.48. The molecule has 6 nitrogen and oxygen atoms in total. The zero-order valence-electron chi connectivity index (χ0n) is 8.70. The number of carbonyl (C=O) groups excluding carboxylic acids is 1. The summed E-state index contributed by atoms with van der Waals surface area (Å²) in [5.74, 6) is -0.0470. The highest BCUT2D eigenvalue weighted by molar-refractivity contribution is 5.96. The average molecular weight is 210 g/mol. The molecule has 0 fully saturated rings. The van der Waals surface area contributed by atoms with E-state index in [-0.39, 0.29) is 17.3 Å². The Balaban J connectivity index is 2.75. The topological polar surface area (TPSA) is 101 Å². The van der Waals surface area contributed by atoms with Gasteiger partial charge in [0.05, 0.1) is 5.54 Å². The highest BCUT2D eigenvalue weighted by Crippen LogP contribution is 2.08. The van der Waals surface area contributed by atoms with E-state index >= 15 is 0 Å². The number of nitrogens with two attached hydrogens (primary N) is 1. The Morgan fingerprint density at radius 2 is 2.33 bits per heavy atom. The quantitative estimate of drug-likeness (QED) is 0.645. The molecule has 0 saturated carbocycles. The molecule has 4 N–H and O–H groups in total. The molecule has 6 heteroatoms. The predicted molar refractivity (Wildman–Crippen MR) is 56.4 cm³/mol. The molecule has 82 valence electrons. The van der Waals surface area contributed by atoms with Crippen molar-refractivity contribution in [2.75, 3.05) is 5.32 Å². The van der Waals surface area contributed by atoms with E-state index in [1.165, 1.54) is 12.1 Å². The van der Waals surface area contributed by atoms with Gasteiger partial charge in [0, 0.05) is 6.07 Å². The van der Waals surface area contributed by atoms with Gasteiger partial charge in [0.2, 0.25) is 5.91 Å². The highest BCUT2D eigenvalue weighted by atomic mass is 16.2. The van der Waals surface area contributed by atoms with Crippen LogP contribution in [0.5, 0.6) is 0 Å². The molecule has 0 spiro atoms. The van der Waals surface area contributed by atoms with Crippen LogP contribution >= 0.6 is 0 Å². The van der Waals surface area contributed by atoms with E-state index < -0.39 is 5.54 Å². The second-order valence-corrected chi connectivity index (χ2v) is 3.53. The van der Waals surface area contributed by atoms with E-state index in [0.717, 1.165) is 0 Å². The Hall–Kier alpha value is -1.69. The van der Waals surface area contributed by atoms with E-state index in [9.17, 15) is 9.59 Å². The summed E-state index contributed by atoms with van der Waals surface area (Å²) in [6.45, 7) is 3.45. The van der Waals surface area contributed by atoms with Crippen LogP contribution in [0, 0.1) is 0 Å². The second kappa shape index (κ2) is 4.22. The minimum absolute atomic E-state index is 0.282. The minimum atomic E-state index is -0.933. The summed E-state index contributed by atoms with van der Waals surface area (Å²) < 4.78 is 0. The van der Waals surface area contributed by atoms with Crippen LogP contribution in [0.25, 0.3) is 0 Å². The molecule has 1 heterocycles. The summed E-state index contributed by atoms with van der Waals surface area (Å²) >= 11 is 0. The van der Waals surface area contributed by atoms with Crippen molar-refractivity contribution in [2.24, 2.45) is 5.73 Å². The zero-order chi connectivity index (χ0) is 11.5. The van der Waals surface area contributed by atoms with Crippen LogP contribution in [0.15, 0.2) is 16.9 Å². The number of nitrogens with zero attached hydrogens (tertiary/aromatic N) is 1. The van der Waals surface area contributed by atoms with Crippen molar-refractivity contribution in [3.8, 4) is 0 Å². The molecule has 1 rings (SSSR count). The SMILES string of the molecule is CCC(C)(N)C(=O)Nc1ccc(=O)[nH]n1. The van der Waals surface area contributed by atoms with Crippen LogP contribution in [-0.2, 0) is 4.79 Å². The van der Waals surface area contributed by atoms with Crippen LogP contribution in [0.2, 0.25) is 0 Å². The summed E-state index contributed by atoms with van der Waals surface area (Å²) in [7, 11) is 0. The summed E-state index contributed by atoms with van der Waals surface area (Å²) in [6.07, 6.45) is 0.516. The molecule has 0 radical (unpaired) electrons. The maximum absolute atomic E-state index is 11.6. The van der Waals surface area contributed by atoms with Crippen molar-refractivity contribution < 1.29 is 4.79 Å². The number of H-pyrrole nitrogens is 1. The average Bonchev–Trinajstić information content (AvgIpc) is 2.21. The van der Waals surface area contributed by atoms with Gasteiger partial charge in [-0.25, -0.2) is 5.10 Å². The molecular weight excluding hydrogens is 196 g/mol. The van der Waals surface area contributed by atoms with Crippen LogP contribution in [0.3, 0.4) is 0 Å². The second-order valence-electron chi connectivity index (χ2n) is 3.53. The maximum Gasteiger partial charge on any atom is 0.264 e. The molecule has 0 aromatic carbocycles. The number of aromatic nitrogens is 2. The molecular formula is C9H14N4O2. The Bertz CT molecular complexity index is 390. The van der Waals surface area contributed by atoms with Gasteiger partial charge < -0.3 is 11.1 Å². The van der Waals surface area contributed by atoms with E-state index in [2.05, 4.69) is 15.5 Å². The minimum Gasteiger partial charge on any atom is -0.318 e. The van der Waals surface area contributed by atoms with Gasteiger partial charge in [0.25, 0.3) is 5.56 Å². The van der Waals surface area contributed by atoms with E-state index in [1.54, 1.807) is 6.92 Å². The van der Waals surface area contributed by atoms with Gasteiger partial charge in [-0.2, -0.15) is 5.10 Å². The number of carbonyl (C=O) groups is 1. The van der Waals surface area contributed by atoms with Crippen molar-refractivity contribution in [3.05, 3.63) is 22.5 Å². The van der Waals surface area contributed by atoms with Gasteiger partial charge >= 0.3 is 0 Å². The summed E-state index contributed by atoms with van der Waals surface area (Å²) in [6, 6.07) is 2.70. The Labute approximate surface area is 86.9 Å². The number of anilines is 1. The van der Waals surface area contributed by atoms with Gasteiger partial charge in [-0.1, -0.05) is 6.92 Å². The predicted octanol–water partition coefficient (Wildman–Crippen LogP) is -0.164. The van der Waals surface area contributed by atoms with Gasteiger partial charge in [0.15, 0.2) is 5.82 Å². The fourth-order valence-electron chi connectivity index (χ4n) is 0.834. The summed E-state index contributed by atoms with van der Waals surface area (Å²) in [5, 5.41) is 8.37. The number of hydrogen-bond acceptors (Lipinski definition) is 4. The molecule has 1 aromatic rings. The molecule has 15 heavy (non-hydrogen) atoms. The Morgan fingerprint density at radius 3 is 2.80 bits per heavy atom. The van der Waals surface area contributed by atoms with Gasteiger partial charge in [-0.15, -0.1) is 0 Å². The third-order valence-electron chi connectivity index (χ3n) is 2.17. The largest absolute Gasteiger partial charge is 0.318 e. The molecule has 0 aliphatic rings. The van der Waals surface area contributed by atoms with Gasteiger partial charge in [-0.05, 0) is 19.4 Å². The van der Waals surface area contributed by atoms with Crippen LogP contribution < -0.4 is 16.6 Å². The van der Waals surface area contributed by atoms with E-state index in [1.807, 2.05) is 6.92 Å². The molecule has 0 bridgehead atoms. The first kappa shape index (κ1) is 11.4. The molecule has 0 saturated heterocycles. The zero-order valence-corrected chi connectivity index (χ0v) is 8.70. The number of nitrogens with one attached hydrogen (secondary N) is 2. The molecule has 1 amide bonds. The van der Waals surface area contributed by atoms with E-state index in [4.69, 9.17) is 5.73 Å². The highest BCUT2D eigenvalue weighted by Gasteiger charge is 2.26. The lowest BCUT2D eigenvalue weighted by molar-refractivity contribution is -0.120. The summed E-state index contributed by atoms with van der Waals surface area (Å²) in [4.78, 5) is 22.3. The van der Waals surface area contributed by atoms with Gasteiger partial charge in [-0.3, -0.25) is 9.59 Å². The normalized spacial score (nSPS) is 14.3. The fourth-order valence-corrected chi connectivity index (χ4v) is 0.834. The third-order valence-corrected chi connectivity index (χ3v) is 2.17. The molecule has 0 aliphatic heterocycles. The van der Waals surface area contributed by atoms with Crippen molar-refractivity contribution >= 4 is 11.7 Å². The third kappa shape index (κ3) is 2.88. The number of rotatable bonds is 3. The molecule has 1 atom stereocenters. The smallest absolute Gasteiger partial charge is 0.264 e. The van der Waals surface area contributed by atoms with Crippen molar-refractivity contribution in [3.63, 3.8) is 0 Å². The standard InChI is InChI=1S/C9H14N4O2/c1-3-9(2,10)8(15)11-6-4-5-7(14)13-12-6/h4-5H,3,10H2,1-2H3,(H,13,14)(H,11,12,15).